The fourth-order valence-corrected chi connectivity index (χ4v) is 4.82. The van der Waals surface area contributed by atoms with Gasteiger partial charge in [0.1, 0.15) is 7.05 Å². The molecule has 1 aliphatic heterocycles. The van der Waals surface area contributed by atoms with Crippen molar-refractivity contribution in [3.05, 3.63) is 67.9 Å². The summed E-state index contributed by atoms with van der Waals surface area (Å²) in [5.41, 5.74) is 14.6. The monoisotopic (exact) mass is 431 g/mol. The van der Waals surface area contributed by atoms with Crippen molar-refractivity contribution in [1.29, 1.82) is 0 Å². The van der Waals surface area contributed by atoms with E-state index >= 15 is 0 Å². The van der Waals surface area contributed by atoms with Crippen LogP contribution >= 0.6 is 0 Å². The van der Waals surface area contributed by atoms with E-state index < -0.39 is 0 Å². The van der Waals surface area contributed by atoms with Gasteiger partial charge in [0.05, 0.1) is 11.8 Å². The van der Waals surface area contributed by atoms with Crippen LogP contribution in [-0.4, -0.2) is 7.05 Å². The first-order valence-corrected chi connectivity index (χ1v) is 11.3. The molecule has 2 aromatic carbocycles. The third-order valence-corrected chi connectivity index (χ3v) is 7.64. The van der Waals surface area contributed by atoms with Crippen LogP contribution in [0.2, 0.25) is 0 Å². The molecule has 168 valence electrons. The van der Waals surface area contributed by atoms with Crippen molar-refractivity contribution in [1.82, 2.24) is 0 Å². The number of hydrogen-bond donors (Lipinski definition) is 0. The first-order valence-electron chi connectivity index (χ1n) is 11.3. The van der Waals surface area contributed by atoms with Crippen molar-refractivity contribution in [2.24, 2.45) is 7.05 Å². The molecule has 0 bridgehead atoms. The van der Waals surface area contributed by atoms with Crippen molar-refractivity contribution in [2.45, 2.75) is 62.3 Å². The van der Waals surface area contributed by atoms with Crippen LogP contribution in [0.1, 0.15) is 57.3 Å². The van der Waals surface area contributed by atoms with Crippen molar-refractivity contribution < 1.29 is 13.7 Å². The van der Waals surface area contributed by atoms with Crippen LogP contribution in [0.15, 0.2) is 21.9 Å². The minimum Gasteiger partial charge on any atom is -0.438 e. The van der Waals surface area contributed by atoms with Gasteiger partial charge in [-0.05, 0) is 101 Å². The van der Waals surface area contributed by atoms with Gasteiger partial charge in [-0.2, -0.15) is 4.57 Å². The molecule has 0 amide bonds. The van der Waals surface area contributed by atoms with E-state index in [9.17, 15) is 0 Å². The van der Waals surface area contributed by atoms with Crippen LogP contribution in [0.3, 0.4) is 0 Å². The standard InChI is InChI=1S/C28H35N2O2/c1-14(12-23-29(10)25-19(6)15(2)17(4)21(8)27(25)31-23)13-24-30(11)26-20(7)16(3)18(5)22(9)28(26)32-24/h12-13H,1-11H3/q+1. The molecule has 0 N–H and O–H groups in total. The van der Waals surface area contributed by atoms with E-state index in [-0.39, 0.29) is 0 Å². The molecule has 0 saturated carbocycles. The number of aromatic nitrogens is 1. The first kappa shape index (κ1) is 22.2. The summed E-state index contributed by atoms with van der Waals surface area (Å²) in [6.07, 6.45) is 4.18. The molecule has 1 aliphatic rings. The minimum atomic E-state index is 0.836. The van der Waals surface area contributed by atoms with Crippen LogP contribution < -0.4 is 14.2 Å². The van der Waals surface area contributed by atoms with Crippen molar-refractivity contribution in [2.75, 3.05) is 11.9 Å². The topological polar surface area (TPSA) is 29.5 Å². The summed E-state index contributed by atoms with van der Waals surface area (Å²) in [6, 6.07) is 0. The fourth-order valence-electron chi connectivity index (χ4n) is 4.82. The van der Waals surface area contributed by atoms with Crippen LogP contribution in [-0.2, 0) is 7.05 Å². The second-order valence-corrected chi connectivity index (χ2v) is 9.39. The number of anilines is 1. The van der Waals surface area contributed by atoms with E-state index in [4.69, 9.17) is 9.15 Å². The molecule has 4 nitrogen and oxygen atoms in total. The van der Waals surface area contributed by atoms with Gasteiger partial charge in [-0.15, -0.1) is 0 Å². The van der Waals surface area contributed by atoms with E-state index in [1.165, 1.54) is 44.5 Å². The van der Waals surface area contributed by atoms with Crippen molar-refractivity contribution in [3.8, 4) is 5.75 Å². The number of fused-ring (bicyclic) bond motifs is 2. The van der Waals surface area contributed by atoms with Gasteiger partial charge >= 0.3 is 5.89 Å². The summed E-state index contributed by atoms with van der Waals surface area (Å²) >= 11 is 0. The average Bonchev–Trinajstić information content (AvgIpc) is 3.25. The third-order valence-electron chi connectivity index (χ3n) is 7.64. The lowest BCUT2D eigenvalue weighted by Crippen LogP contribution is -2.30. The number of rotatable bonds is 2. The van der Waals surface area contributed by atoms with E-state index in [1.54, 1.807) is 0 Å². The number of ether oxygens (including phenoxy) is 1. The zero-order valence-electron chi connectivity index (χ0n) is 21.4. The van der Waals surface area contributed by atoms with Gasteiger partial charge in [0.15, 0.2) is 5.75 Å². The maximum Gasteiger partial charge on any atom is 0.374 e. The molecule has 2 heterocycles. The predicted octanol–water partition coefficient (Wildman–Crippen LogP) is 6.50. The lowest BCUT2D eigenvalue weighted by molar-refractivity contribution is -0.652. The zero-order chi connectivity index (χ0) is 23.6. The Morgan fingerprint density at radius 1 is 0.781 bits per heavy atom. The Morgan fingerprint density at radius 3 is 2.00 bits per heavy atom. The number of nitrogens with zero attached hydrogens (tertiary/aromatic N) is 2. The van der Waals surface area contributed by atoms with Crippen LogP contribution in [0, 0.1) is 55.4 Å². The smallest absolute Gasteiger partial charge is 0.374 e. The Kier molecular flexibility index (Phi) is 5.23. The molecule has 0 fully saturated rings. The van der Waals surface area contributed by atoms with Gasteiger partial charge in [-0.25, -0.2) is 0 Å². The van der Waals surface area contributed by atoms with Crippen LogP contribution in [0.4, 0.5) is 5.69 Å². The molecule has 1 aromatic heterocycles. The number of aryl methyl sites for hydroxylation is 3. The summed E-state index contributed by atoms with van der Waals surface area (Å²) in [5, 5.41) is 0. The van der Waals surface area contributed by atoms with Gasteiger partial charge in [0.25, 0.3) is 5.52 Å². The van der Waals surface area contributed by atoms with Crippen LogP contribution in [0.5, 0.6) is 5.75 Å². The normalized spacial score (nSPS) is 15.2. The fraction of sp³-hybridized carbons (Fsp3) is 0.393. The van der Waals surface area contributed by atoms with Crippen molar-refractivity contribution in [3.63, 3.8) is 0 Å². The Balaban J connectivity index is 1.78. The molecule has 4 heteroatoms. The first-order chi connectivity index (χ1) is 15.0. The second kappa shape index (κ2) is 7.54. The summed E-state index contributed by atoms with van der Waals surface area (Å²) in [6.45, 7) is 19.4. The summed E-state index contributed by atoms with van der Waals surface area (Å²) in [4.78, 5) is 2.15. The molecule has 0 saturated heterocycles. The highest BCUT2D eigenvalue weighted by molar-refractivity contribution is 5.81. The van der Waals surface area contributed by atoms with Gasteiger partial charge in [-0.3, -0.25) is 0 Å². The highest BCUT2D eigenvalue weighted by Gasteiger charge is 2.29. The number of hydrogen-bond acceptors (Lipinski definition) is 3. The Hall–Kier alpha value is -3.01. The molecule has 32 heavy (non-hydrogen) atoms. The maximum atomic E-state index is 6.34. The lowest BCUT2D eigenvalue weighted by Gasteiger charge is -2.17. The maximum absolute atomic E-state index is 6.34. The largest absolute Gasteiger partial charge is 0.438 e. The lowest BCUT2D eigenvalue weighted by atomic mass is 9.96. The quantitative estimate of drug-likeness (QED) is 0.434. The van der Waals surface area contributed by atoms with Crippen LogP contribution in [0.25, 0.3) is 17.2 Å². The third kappa shape index (κ3) is 3.08. The summed E-state index contributed by atoms with van der Waals surface area (Å²) < 4.78 is 14.8. The van der Waals surface area contributed by atoms with Gasteiger partial charge in [-0.1, -0.05) is 0 Å². The van der Waals surface area contributed by atoms with E-state index in [0.29, 0.717) is 0 Å². The summed E-state index contributed by atoms with van der Waals surface area (Å²) in [7, 11) is 4.15. The summed E-state index contributed by atoms with van der Waals surface area (Å²) in [5.74, 6) is 2.64. The average molecular weight is 432 g/mol. The molecular weight excluding hydrogens is 396 g/mol. The van der Waals surface area contributed by atoms with E-state index in [2.05, 4.69) is 98.0 Å². The number of allylic oxidation sites excluding steroid dienone is 2. The SMILES string of the molecule is CC(=Cc1oc2c(C)c(C)c(C)c(C)c2[n+]1C)C=C1Oc2c(C)c(C)c(C)c(C)c2N1C. The Bertz CT molecular complexity index is 1350. The molecule has 4 rings (SSSR count). The molecule has 0 atom stereocenters. The van der Waals surface area contributed by atoms with Crippen molar-refractivity contribution >= 4 is 22.9 Å². The second-order valence-electron chi connectivity index (χ2n) is 9.39. The predicted molar refractivity (Wildman–Crippen MR) is 132 cm³/mol. The molecule has 3 aromatic rings. The molecular formula is C28H35N2O2+. The molecule has 0 unspecified atom stereocenters. The van der Waals surface area contributed by atoms with E-state index in [1.807, 2.05) is 0 Å². The zero-order valence-corrected chi connectivity index (χ0v) is 21.4. The highest BCUT2D eigenvalue weighted by Crippen LogP contribution is 2.46. The Labute approximate surface area is 191 Å². The molecule has 0 spiro atoms. The van der Waals surface area contributed by atoms with Gasteiger partial charge in [0, 0.05) is 24.3 Å². The minimum absolute atomic E-state index is 0.836. The van der Waals surface area contributed by atoms with E-state index in [0.717, 1.165) is 39.9 Å². The Morgan fingerprint density at radius 2 is 1.34 bits per heavy atom. The molecule has 0 radical (unpaired) electrons. The molecule has 0 aliphatic carbocycles. The van der Waals surface area contributed by atoms with Gasteiger partial charge < -0.3 is 14.1 Å². The van der Waals surface area contributed by atoms with Gasteiger partial charge in [0.2, 0.25) is 11.5 Å². The number of oxazole rings is 1. The highest BCUT2D eigenvalue weighted by atomic mass is 16.5. The number of benzene rings is 2.